The largest absolute Gasteiger partial charge is 0.444 e. The number of amides is 2. The number of nitrogens with two attached hydrogens (primary N) is 1. The molecule has 0 bridgehead atoms. The molecule has 0 radical (unpaired) electrons. The van der Waals surface area contributed by atoms with Crippen LogP contribution in [0.2, 0.25) is 0 Å². The van der Waals surface area contributed by atoms with E-state index in [1.165, 1.54) is 17.5 Å². The second kappa shape index (κ2) is 9.47. The minimum Gasteiger partial charge on any atom is -0.444 e. The number of aromatic nitrogens is 1. The summed E-state index contributed by atoms with van der Waals surface area (Å²) in [6.45, 7) is 9.51. The molecular formula is C22H31N5O3. The zero-order chi connectivity index (χ0) is 22.5. The molecule has 0 saturated heterocycles. The van der Waals surface area contributed by atoms with Gasteiger partial charge < -0.3 is 21.1 Å². The Kier molecular flexibility index (Phi) is 7.26. The lowest BCUT2D eigenvalue weighted by Crippen LogP contribution is -2.45. The van der Waals surface area contributed by atoms with Crippen LogP contribution in [-0.4, -0.2) is 40.6 Å². The number of rotatable bonds is 6. The van der Waals surface area contributed by atoms with Gasteiger partial charge in [0, 0.05) is 13.6 Å². The highest BCUT2D eigenvalue weighted by Crippen LogP contribution is 2.20. The Bertz CT molecular complexity index is 891. The second-order valence-corrected chi connectivity index (χ2v) is 8.23. The zero-order valence-corrected chi connectivity index (χ0v) is 18.4. The molecule has 0 saturated carbocycles. The average molecular weight is 414 g/mol. The lowest BCUT2D eigenvalue weighted by atomic mass is 10.1. The number of likely N-dealkylation sites (N-methyl/N-ethyl adjacent to an activating group) is 1. The van der Waals surface area contributed by atoms with Crippen molar-refractivity contribution < 1.29 is 14.3 Å². The van der Waals surface area contributed by atoms with Gasteiger partial charge in [-0.2, -0.15) is 0 Å². The Hall–Kier alpha value is -3.29. The first-order chi connectivity index (χ1) is 14.0. The minimum absolute atomic E-state index is 0.338. The monoisotopic (exact) mass is 413 g/mol. The lowest BCUT2D eigenvalue weighted by Gasteiger charge is -2.28. The quantitative estimate of drug-likeness (QED) is 0.665. The molecule has 30 heavy (non-hydrogen) atoms. The lowest BCUT2D eigenvalue weighted by molar-refractivity contribution is -0.120. The number of hydrogen-bond donors (Lipinski definition) is 3. The Balaban J connectivity index is 2.02. The first-order valence-electron chi connectivity index (χ1n) is 9.79. The number of nitrogens with zero attached hydrogens (tertiary/aromatic N) is 2. The molecule has 0 spiro atoms. The van der Waals surface area contributed by atoms with Crippen molar-refractivity contribution in [3.63, 3.8) is 0 Å². The maximum atomic E-state index is 12.6. The summed E-state index contributed by atoms with van der Waals surface area (Å²) in [5.74, 6) is 0.427. The predicted octanol–water partition coefficient (Wildman–Crippen LogP) is 3.78. The van der Waals surface area contributed by atoms with Crippen molar-refractivity contribution in [2.75, 3.05) is 23.4 Å². The molecule has 1 aromatic heterocycles. The summed E-state index contributed by atoms with van der Waals surface area (Å²) in [4.78, 5) is 30.4. The van der Waals surface area contributed by atoms with E-state index in [0.29, 0.717) is 23.9 Å². The number of carbonyl (C=O) groups excluding carboxylic acids is 2. The maximum absolute atomic E-state index is 12.6. The molecule has 2 rings (SSSR count). The fraction of sp³-hybridized carbons (Fsp3) is 0.409. The van der Waals surface area contributed by atoms with E-state index in [4.69, 9.17) is 10.5 Å². The SMILES string of the molecule is Cc1ccc(CNc2nc(NC(=O)C(C)N(C)C(=O)OC(C)(C)C)ccc2N)cc1. The fourth-order valence-electron chi connectivity index (χ4n) is 2.47. The van der Waals surface area contributed by atoms with Crippen molar-refractivity contribution in [2.24, 2.45) is 0 Å². The van der Waals surface area contributed by atoms with E-state index in [0.717, 1.165) is 5.56 Å². The first kappa shape index (κ1) is 23.0. The van der Waals surface area contributed by atoms with Crippen molar-refractivity contribution in [1.29, 1.82) is 0 Å². The molecule has 0 aliphatic rings. The van der Waals surface area contributed by atoms with Crippen molar-refractivity contribution in [2.45, 2.75) is 52.8 Å². The number of carbonyl (C=O) groups is 2. The molecule has 0 aliphatic heterocycles. The normalized spacial score (nSPS) is 12.1. The van der Waals surface area contributed by atoms with Crippen LogP contribution in [0.5, 0.6) is 0 Å². The number of ether oxygens (including phenoxy) is 1. The van der Waals surface area contributed by atoms with Gasteiger partial charge in [-0.05, 0) is 52.3 Å². The Morgan fingerprint density at radius 1 is 1.17 bits per heavy atom. The van der Waals surface area contributed by atoms with Crippen molar-refractivity contribution in [3.05, 3.63) is 47.5 Å². The molecule has 2 amide bonds. The van der Waals surface area contributed by atoms with E-state index in [2.05, 4.69) is 15.6 Å². The number of nitrogen functional groups attached to an aromatic ring is 1. The topological polar surface area (TPSA) is 110 Å². The molecule has 162 valence electrons. The maximum Gasteiger partial charge on any atom is 0.410 e. The second-order valence-electron chi connectivity index (χ2n) is 8.23. The number of pyridine rings is 1. The van der Waals surface area contributed by atoms with E-state index >= 15 is 0 Å². The Morgan fingerprint density at radius 2 is 1.80 bits per heavy atom. The van der Waals surface area contributed by atoms with Gasteiger partial charge in [0.05, 0.1) is 5.69 Å². The number of nitrogens with one attached hydrogen (secondary N) is 2. The summed E-state index contributed by atoms with van der Waals surface area (Å²) in [7, 11) is 1.52. The summed E-state index contributed by atoms with van der Waals surface area (Å²) >= 11 is 0. The third-order valence-corrected chi connectivity index (χ3v) is 4.40. The summed E-state index contributed by atoms with van der Waals surface area (Å²) < 4.78 is 5.30. The van der Waals surface area contributed by atoms with Gasteiger partial charge in [0.15, 0.2) is 5.82 Å². The summed E-state index contributed by atoms with van der Waals surface area (Å²) in [5, 5.41) is 5.90. The molecule has 2 aromatic rings. The Labute approximate surface area is 177 Å². The van der Waals surface area contributed by atoms with E-state index in [-0.39, 0.29) is 5.91 Å². The van der Waals surface area contributed by atoms with E-state index in [9.17, 15) is 9.59 Å². The van der Waals surface area contributed by atoms with Crippen LogP contribution in [0.3, 0.4) is 0 Å². The average Bonchev–Trinajstić information content (AvgIpc) is 2.67. The number of benzene rings is 1. The molecule has 1 heterocycles. The summed E-state index contributed by atoms with van der Waals surface area (Å²) in [6.07, 6.45) is -0.573. The van der Waals surface area contributed by atoms with E-state index < -0.39 is 17.7 Å². The number of aryl methyl sites for hydroxylation is 1. The van der Waals surface area contributed by atoms with Crippen molar-refractivity contribution in [3.8, 4) is 0 Å². The van der Waals surface area contributed by atoms with Crippen LogP contribution in [0, 0.1) is 6.92 Å². The molecule has 1 atom stereocenters. The molecule has 0 fully saturated rings. The zero-order valence-electron chi connectivity index (χ0n) is 18.4. The van der Waals surface area contributed by atoms with Crippen molar-refractivity contribution in [1.82, 2.24) is 9.88 Å². The van der Waals surface area contributed by atoms with Gasteiger partial charge in [-0.25, -0.2) is 9.78 Å². The fourth-order valence-corrected chi connectivity index (χ4v) is 2.47. The number of hydrogen-bond acceptors (Lipinski definition) is 6. The van der Waals surface area contributed by atoms with Crippen LogP contribution in [0.15, 0.2) is 36.4 Å². The molecule has 4 N–H and O–H groups in total. The standard InChI is InChI=1S/C22H31N5O3/c1-14-7-9-16(10-8-14)13-24-19-17(23)11-12-18(25-19)26-20(28)15(2)27(6)21(29)30-22(3,4)5/h7-12,15H,13,23H2,1-6H3,(H2,24,25,26,28). The van der Waals surface area contributed by atoms with Gasteiger partial charge in [0.1, 0.15) is 17.5 Å². The van der Waals surface area contributed by atoms with Crippen LogP contribution >= 0.6 is 0 Å². The van der Waals surface area contributed by atoms with Crippen LogP contribution in [0.1, 0.15) is 38.8 Å². The molecule has 1 unspecified atom stereocenters. The van der Waals surface area contributed by atoms with Crippen LogP contribution < -0.4 is 16.4 Å². The van der Waals surface area contributed by atoms with Gasteiger partial charge in [-0.3, -0.25) is 9.69 Å². The number of anilines is 3. The highest BCUT2D eigenvalue weighted by molar-refractivity contribution is 5.95. The highest BCUT2D eigenvalue weighted by atomic mass is 16.6. The Morgan fingerprint density at radius 3 is 2.40 bits per heavy atom. The predicted molar refractivity (Wildman–Crippen MR) is 119 cm³/mol. The molecule has 8 nitrogen and oxygen atoms in total. The third-order valence-electron chi connectivity index (χ3n) is 4.40. The third kappa shape index (κ3) is 6.65. The molecule has 1 aromatic carbocycles. The molecular weight excluding hydrogens is 382 g/mol. The van der Waals surface area contributed by atoms with Gasteiger partial charge in [-0.15, -0.1) is 0 Å². The molecule has 8 heteroatoms. The van der Waals surface area contributed by atoms with Gasteiger partial charge >= 0.3 is 6.09 Å². The summed E-state index contributed by atoms with van der Waals surface area (Å²) in [6, 6.07) is 10.7. The summed E-state index contributed by atoms with van der Waals surface area (Å²) in [5.41, 5.74) is 8.11. The van der Waals surface area contributed by atoms with Crippen LogP contribution in [0.4, 0.5) is 22.1 Å². The highest BCUT2D eigenvalue weighted by Gasteiger charge is 2.27. The smallest absolute Gasteiger partial charge is 0.410 e. The molecule has 0 aliphatic carbocycles. The van der Waals surface area contributed by atoms with Gasteiger partial charge in [0.2, 0.25) is 5.91 Å². The first-order valence-corrected chi connectivity index (χ1v) is 9.79. The van der Waals surface area contributed by atoms with Gasteiger partial charge in [-0.1, -0.05) is 29.8 Å². The minimum atomic E-state index is -0.747. The van der Waals surface area contributed by atoms with E-state index in [1.54, 1.807) is 39.8 Å². The van der Waals surface area contributed by atoms with Crippen molar-refractivity contribution >= 4 is 29.3 Å². The van der Waals surface area contributed by atoms with Crippen LogP contribution in [0.25, 0.3) is 0 Å². The van der Waals surface area contributed by atoms with E-state index in [1.807, 2.05) is 31.2 Å². The van der Waals surface area contributed by atoms with Gasteiger partial charge in [0.25, 0.3) is 0 Å². The van der Waals surface area contributed by atoms with Crippen LogP contribution in [-0.2, 0) is 16.1 Å².